The summed E-state index contributed by atoms with van der Waals surface area (Å²) in [6, 6.07) is 7.14. The predicted molar refractivity (Wildman–Crippen MR) is 92.0 cm³/mol. The van der Waals surface area contributed by atoms with Gasteiger partial charge in [0.15, 0.2) is 11.2 Å². The van der Waals surface area contributed by atoms with E-state index < -0.39 is 5.69 Å². The zero-order valence-electron chi connectivity index (χ0n) is 13.6. The van der Waals surface area contributed by atoms with Crippen molar-refractivity contribution >= 4 is 11.2 Å². The van der Waals surface area contributed by atoms with E-state index in [1.807, 2.05) is 6.07 Å². The molecule has 0 radical (unpaired) electrons. The van der Waals surface area contributed by atoms with E-state index in [0.29, 0.717) is 29.1 Å². The molecule has 0 aliphatic rings. The number of nitrogens with zero attached hydrogens (tertiary/aromatic N) is 4. The van der Waals surface area contributed by atoms with Crippen molar-refractivity contribution < 1.29 is 4.74 Å². The molecule has 0 unspecified atom stereocenters. The van der Waals surface area contributed by atoms with Crippen molar-refractivity contribution in [2.45, 2.75) is 20.0 Å². The van der Waals surface area contributed by atoms with E-state index in [2.05, 4.69) is 11.6 Å². The van der Waals surface area contributed by atoms with Gasteiger partial charge in [-0.25, -0.2) is 14.3 Å². The molecule has 1 aromatic carbocycles. The van der Waals surface area contributed by atoms with Crippen LogP contribution < -0.4 is 16.0 Å². The molecule has 3 rings (SSSR count). The molecule has 0 spiro atoms. The maximum absolute atomic E-state index is 12.9. The molecule has 0 bridgehead atoms. The third-order valence-corrected chi connectivity index (χ3v) is 3.87. The minimum atomic E-state index is -0.441. The van der Waals surface area contributed by atoms with E-state index >= 15 is 0 Å². The Balaban J connectivity index is 2.50. The van der Waals surface area contributed by atoms with Crippen LogP contribution in [0.4, 0.5) is 0 Å². The Morgan fingerprint density at radius 1 is 1.29 bits per heavy atom. The van der Waals surface area contributed by atoms with E-state index in [9.17, 15) is 9.59 Å². The standard InChI is InChI=1S/C17H18N4O3/c1-4-10-19-11-18-15-14(19)16(22)20(5-2)17(23)21(15)12-8-6-7-9-13(12)24-3/h4,6-9,11H,1,5,10H2,2-3H3. The molecule has 0 aliphatic carbocycles. The number of imidazole rings is 1. The molecule has 24 heavy (non-hydrogen) atoms. The maximum Gasteiger partial charge on any atom is 0.337 e. The quantitative estimate of drug-likeness (QED) is 0.667. The number of rotatable bonds is 5. The fraction of sp³-hybridized carbons (Fsp3) is 0.235. The lowest BCUT2D eigenvalue weighted by Gasteiger charge is -2.13. The number of hydrogen-bond donors (Lipinski definition) is 0. The molecule has 0 atom stereocenters. The van der Waals surface area contributed by atoms with Crippen LogP contribution in [0, 0.1) is 0 Å². The molecule has 124 valence electrons. The highest BCUT2D eigenvalue weighted by molar-refractivity contribution is 5.73. The van der Waals surface area contributed by atoms with Gasteiger partial charge >= 0.3 is 5.69 Å². The molecule has 0 amide bonds. The van der Waals surface area contributed by atoms with Crippen LogP contribution in [0.3, 0.4) is 0 Å². The smallest absolute Gasteiger partial charge is 0.337 e. The van der Waals surface area contributed by atoms with Crippen molar-refractivity contribution in [1.82, 2.24) is 18.7 Å². The van der Waals surface area contributed by atoms with Gasteiger partial charge in [-0.05, 0) is 19.1 Å². The second kappa shape index (κ2) is 6.19. The van der Waals surface area contributed by atoms with E-state index in [1.54, 1.807) is 42.1 Å². The minimum Gasteiger partial charge on any atom is -0.495 e. The van der Waals surface area contributed by atoms with Gasteiger partial charge in [-0.15, -0.1) is 6.58 Å². The Morgan fingerprint density at radius 2 is 2.04 bits per heavy atom. The van der Waals surface area contributed by atoms with Crippen LogP contribution in [0.2, 0.25) is 0 Å². The van der Waals surface area contributed by atoms with Gasteiger partial charge in [-0.2, -0.15) is 0 Å². The molecular weight excluding hydrogens is 308 g/mol. The van der Waals surface area contributed by atoms with Crippen LogP contribution in [0.5, 0.6) is 5.75 Å². The van der Waals surface area contributed by atoms with Crippen LogP contribution in [-0.2, 0) is 13.1 Å². The first-order chi connectivity index (χ1) is 11.6. The highest BCUT2D eigenvalue weighted by atomic mass is 16.5. The number of benzene rings is 1. The summed E-state index contributed by atoms with van der Waals surface area (Å²) < 4.78 is 9.65. The molecule has 3 aromatic rings. The summed E-state index contributed by atoms with van der Waals surface area (Å²) in [5.41, 5.74) is 0.413. The summed E-state index contributed by atoms with van der Waals surface area (Å²) in [5, 5.41) is 0. The second-order valence-electron chi connectivity index (χ2n) is 5.20. The van der Waals surface area contributed by atoms with Gasteiger partial charge in [0.25, 0.3) is 5.56 Å². The average molecular weight is 326 g/mol. The lowest BCUT2D eigenvalue weighted by Crippen LogP contribution is -2.39. The molecule has 0 aliphatic heterocycles. The van der Waals surface area contributed by atoms with Gasteiger partial charge in [0.1, 0.15) is 5.75 Å². The number of methoxy groups -OCH3 is 1. The summed E-state index contributed by atoms with van der Waals surface area (Å²) in [6.07, 6.45) is 3.22. The molecule has 2 heterocycles. The zero-order chi connectivity index (χ0) is 17.3. The molecular formula is C17H18N4O3. The van der Waals surface area contributed by atoms with Gasteiger partial charge < -0.3 is 9.30 Å². The second-order valence-corrected chi connectivity index (χ2v) is 5.20. The summed E-state index contributed by atoms with van der Waals surface area (Å²) in [4.78, 5) is 29.9. The summed E-state index contributed by atoms with van der Waals surface area (Å²) in [7, 11) is 1.53. The first-order valence-corrected chi connectivity index (χ1v) is 7.59. The number of fused-ring (bicyclic) bond motifs is 1. The van der Waals surface area contributed by atoms with Crippen molar-refractivity contribution in [2.75, 3.05) is 7.11 Å². The van der Waals surface area contributed by atoms with E-state index in [4.69, 9.17) is 4.74 Å². The average Bonchev–Trinajstić information content (AvgIpc) is 3.00. The number of hydrogen-bond acceptors (Lipinski definition) is 4. The van der Waals surface area contributed by atoms with Gasteiger partial charge in [-0.1, -0.05) is 18.2 Å². The number of aromatic nitrogens is 4. The van der Waals surface area contributed by atoms with Crippen LogP contribution in [-0.4, -0.2) is 25.8 Å². The van der Waals surface area contributed by atoms with E-state index in [1.165, 1.54) is 16.2 Å². The Kier molecular flexibility index (Phi) is 4.07. The Bertz CT molecular complexity index is 1030. The van der Waals surface area contributed by atoms with E-state index in [-0.39, 0.29) is 12.1 Å². The summed E-state index contributed by atoms with van der Waals surface area (Å²) >= 11 is 0. The summed E-state index contributed by atoms with van der Waals surface area (Å²) in [6.45, 7) is 6.15. The number of ether oxygens (including phenoxy) is 1. The van der Waals surface area contributed by atoms with Crippen molar-refractivity contribution in [3.63, 3.8) is 0 Å². The number of para-hydroxylation sites is 2. The predicted octanol–water partition coefficient (Wildman–Crippen LogP) is 1.56. The van der Waals surface area contributed by atoms with Crippen LogP contribution in [0.25, 0.3) is 16.9 Å². The van der Waals surface area contributed by atoms with Gasteiger partial charge in [0, 0.05) is 13.1 Å². The van der Waals surface area contributed by atoms with Crippen LogP contribution in [0.1, 0.15) is 6.92 Å². The molecule has 0 saturated heterocycles. The molecule has 0 N–H and O–H groups in total. The Morgan fingerprint density at radius 3 is 2.71 bits per heavy atom. The van der Waals surface area contributed by atoms with E-state index in [0.717, 1.165) is 0 Å². The van der Waals surface area contributed by atoms with Crippen molar-refractivity contribution in [3.8, 4) is 11.4 Å². The van der Waals surface area contributed by atoms with Crippen molar-refractivity contribution in [1.29, 1.82) is 0 Å². The Labute approximate surface area is 138 Å². The highest BCUT2D eigenvalue weighted by Gasteiger charge is 2.19. The third kappa shape index (κ3) is 2.25. The molecule has 7 heteroatoms. The van der Waals surface area contributed by atoms with Crippen molar-refractivity contribution in [2.24, 2.45) is 0 Å². The lowest BCUT2D eigenvalue weighted by molar-refractivity contribution is 0.412. The monoisotopic (exact) mass is 326 g/mol. The molecule has 2 aromatic heterocycles. The van der Waals surface area contributed by atoms with Gasteiger partial charge in [-0.3, -0.25) is 9.36 Å². The SMILES string of the molecule is C=CCn1cnc2c1c(=O)n(CC)c(=O)n2-c1ccccc1OC. The summed E-state index contributed by atoms with van der Waals surface area (Å²) in [5.74, 6) is 0.528. The lowest BCUT2D eigenvalue weighted by atomic mass is 10.3. The van der Waals surface area contributed by atoms with Gasteiger partial charge in [0.05, 0.1) is 19.1 Å². The minimum absolute atomic E-state index is 0.266. The highest BCUT2D eigenvalue weighted by Crippen LogP contribution is 2.23. The first-order valence-electron chi connectivity index (χ1n) is 7.59. The first kappa shape index (κ1) is 15.8. The Hall–Kier alpha value is -3.09. The number of allylic oxidation sites excluding steroid dienone is 1. The van der Waals surface area contributed by atoms with Crippen LogP contribution in [0.15, 0.2) is 52.8 Å². The fourth-order valence-corrected chi connectivity index (χ4v) is 2.77. The topological polar surface area (TPSA) is 71.0 Å². The third-order valence-electron chi connectivity index (χ3n) is 3.87. The van der Waals surface area contributed by atoms with Crippen LogP contribution >= 0.6 is 0 Å². The fourth-order valence-electron chi connectivity index (χ4n) is 2.77. The zero-order valence-corrected chi connectivity index (χ0v) is 13.6. The molecule has 7 nitrogen and oxygen atoms in total. The largest absolute Gasteiger partial charge is 0.495 e. The molecule has 0 saturated carbocycles. The maximum atomic E-state index is 12.9. The normalized spacial score (nSPS) is 10.9. The van der Waals surface area contributed by atoms with Gasteiger partial charge in [0.2, 0.25) is 0 Å². The molecule has 0 fully saturated rings. The van der Waals surface area contributed by atoms with Crippen molar-refractivity contribution in [3.05, 3.63) is 64.1 Å².